The fourth-order valence-corrected chi connectivity index (χ4v) is 5.15. The van der Waals surface area contributed by atoms with Gasteiger partial charge < -0.3 is 9.80 Å². The number of quaternary nitrogens is 2. The van der Waals surface area contributed by atoms with Gasteiger partial charge in [0.25, 0.3) is 0 Å². The Bertz CT molecular complexity index is 288. The van der Waals surface area contributed by atoms with Crippen molar-refractivity contribution in [2.75, 3.05) is 26.2 Å². The topological polar surface area (TPSA) is 8.88 Å². The Morgan fingerprint density at radius 1 is 0.600 bits per heavy atom. The molecule has 2 atom stereocenters. The van der Waals surface area contributed by atoms with Gasteiger partial charge in [0.15, 0.2) is 0 Å². The summed E-state index contributed by atoms with van der Waals surface area (Å²) in [6, 6.07) is 2.02. The first-order valence-electron chi connectivity index (χ1n) is 9.41. The summed E-state index contributed by atoms with van der Waals surface area (Å²) in [7, 11) is 0. The molecule has 0 unspecified atom stereocenters. The third-order valence-corrected chi connectivity index (χ3v) is 6.64. The zero-order chi connectivity index (χ0) is 13.9. The number of likely N-dealkylation sites (tertiary alicyclic amines) is 2. The van der Waals surface area contributed by atoms with E-state index in [0.717, 1.165) is 23.9 Å². The maximum Gasteiger partial charge on any atom is 0.0983 e. The van der Waals surface area contributed by atoms with Gasteiger partial charge in [0.2, 0.25) is 0 Å². The smallest absolute Gasteiger partial charge is 0.0983 e. The van der Waals surface area contributed by atoms with Crippen LogP contribution in [0.1, 0.15) is 65.2 Å². The lowest BCUT2D eigenvalue weighted by molar-refractivity contribution is -0.971. The summed E-state index contributed by atoms with van der Waals surface area (Å²) < 4.78 is 0. The van der Waals surface area contributed by atoms with Crippen molar-refractivity contribution in [3.8, 4) is 0 Å². The summed E-state index contributed by atoms with van der Waals surface area (Å²) in [6.45, 7) is 10.8. The molecule has 0 bridgehead atoms. The van der Waals surface area contributed by atoms with Crippen molar-refractivity contribution in [1.29, 1.82) is 0 Å². The molecule has 1 saturated carbocycles. The highest BCUT2D eigenvalue weighted by Crippen LogP contribution is 2.22. The summed E-state index contributed by atoms with van der Waals surface area (Å²) in [4.78, 5) is 3.93. The van der Waals surface area contributed by atoms with Gasteiger partial charge in [-0.3, -0.25) is 0 Å². The number of piperidine rings is 2. The average molecular weight is 280 g/mol. The zero-order valence-corrected chi connectivity index (χ0v) is 13.8. The van der Waals surface area contributed by atoms with Crippen LogP contribution in [0.5, 0.6) is 0 Å². The summed E-state index contributed by atoms with van der Waals surface area (Å²) in [5.41, 5.74) is 0. The van der Waals surface area contributed by atoms with Gasteiger partial charge in [-0.15, -0.1) is 0 Å². The first kappa shape index (κ1) is 14.8. The molecule has 20 heavy (non-hydrogen) atoms. The fraction of sp³-hybridized carbons (Fsp3) is 1.00. The first-order chi connectivity index (χ1) is 9.72. The van der Waals surface area contributed by atoms with E-state index in [9.17, 15) is 0 Å². The van der Waals surface area contributed by atoms with Gasteiger partial charge in [-0.25, -0.2) is 0 Å². The van der Waals surface area contributed by atoms with Gasteiger partial charge in [-0.2, -0.15) is 0 Å². The van der Waals surface area contributed by atoms with E-state index in [4.69, 9.17) is 0 Å². The molecule has 3 fully saturated rings. The molecule has 0 spiro atoms. The maximum atomic E-state index is 2.47. The van der Waals surface area contributed by atoms with Crippen LogP contribution in [0.25, 0.3) is 0 Å². The van der Waals surface area contributed by atoms with E-state index >= 15 is 0 Å². The molecule has 2 heterocycles. The third kappa shape index (κ3) is 3.57. The average Bonchev–Trinajstić information content (AvgIpc) is 2.48. The molecular formula is C18H36N2+2. The van der Waals surface area contributed by atoms with Gasteiger partial charge in [-0.05, 0) is 37.5 Å². The summed E-state index contributed by atoms with van der Waals surface area (Å²) in [6.07, 6.45) is 12.0. The molecule has 0 radical (unpaired) electrons. The highest BCUT2D eigenvalue weighted by Gasteiger charge is 2.35. The molecule has 0 aromatic rings. The van der Waals surface area contributed by atoms with Crippen molar-refractivity contribution in [1.82, 2.24) is 0 Å². The Labute approximate surface area is 125 Å². The van der Waals surface area contributed by atoms with Crippen LogP contribution in [0.15, 0.2) is 0 Å². The zero-order valence-electron chi connectivity index (χ0n) is 13.8. The Kier molecular flexibility index (Phi) is 5.04. The highest BCUT2D eigenvalue weighted by molar-refractivity contribution is 4.72. The van der Waals surface area contributed by atoms with Crippen LogP contribution in [-0.4, -0.2) is 38.3 Å². The first-order valence-corrected chi connectivity index (χ1v) is 9.41. The van der Waals surface area contributed by atoms with Crippen LogP contribution >= 0.6 is 0 Å². The summed E-state index contributed by atoms with van der Waals surface area (Å²) in [5, 5.41) is 0. The molecule has 2 N–H and O–H groups in total. The molecular weight excluding hydrogens is 244 g/mol. The van der Waals surface area contributed by atoms with Crippen LogP contribution in [-0.2, 0) is 0 Å². The highest BCUT2D eigenvalue weighted by atomic mass is 15.2. The van der Waals surface area contributed by atoms with Crippen molar-refractivity contribution in [3.05, 3.63) is 0 Å². The van der Waals surface area contributed by atoms with E-state index in [1.54, 1.807) is 0 Å². The standard InChI is InChI=1S/C18H34N2/c1-15-6-10-19(11-7-15)17-8-12-20(13-9-17)18-5-3-4-16(2)14-18/h15-18H,3-14H2,1-2H3/p+2/t16-,18+/m1/s1. The minimum atomic E-state index is 0.994. The van der Waals surface area contributed by atoms with Gasteiger partial charge in [0, 0.05) is 19.3 Å². The van der Waals surface area contributed by atoms with Crippen LogP contribution in [0.2, 0.25) is 0 Å². The van der Waals surface area contributed by atoms with Crippen molar-refractivity contribution >= 4 is 0 Å². The van der Waals surface area contributed by atoms with Crippen LogP contribution in [0.3, 0.4) is 0 Å². The molecule has 2 heteroatoms. The molecule has 1 aliphatic carbocycles. The Hall–Kier alpha value is -0.0800. The fourth-order valence-electron chi connectivity index (χ4n) is 5.15. The van der Waals surface area contributed by atoms with E-state index in [1.807, 2.05) is 9.80 Å². The Morgan fingerprint density at radius 2 is 1.20 bits per heavy atom. The van der Waals surface area contributed by atoms with E-state index < -0.39 is 0 Å². The molecule has 116 valence electrons. The van der Waals surface area contributed by atoms with Crippen LogP contribution < -0.4 is 9.80 Å². The van der Waals surface area contributed by atoms with Gasteiger partial charge >= 0.3 is 0 Å². The van der Waals surface area contributed by atoms with E-state index in [1.165, 1.54) is 77.5 Å². The number of hydrogen-bond acceptors (Lipinski definition) is 0. The summed E-state index contributed by atoms with van der Waals surface area (Å²) in [5.74, 6) is 1.99. The Morgan fingerprint density at radius 3 is 1.85 bits per heavy atom. The van der Waals surface area contributed by atoms with E-state index in [2.05, 4.69) is 13.8 Å². The largest absolute Gasteiger partial charge is 0.332 e. The van der Waals surface area contributed by atoms with Crippen molar-refractivity contribution in [3.63, 3.8) is 0 Å². The van der Waals surface area contributed by atoms with E-state index in [0.29, 0.717) is 0 Å². The number of nitrogens with one attached hydrogen (secondary N) is 2. The second-order valence-electron chi connectivity index (χ2n) is 8.24. The molecule has 2 aliphatic heterocycles. The second kappa shape index (κ2) is 6.79. The quantitative estimate of drug-likeness (QED) is 0.745. The normalized spacial score (nSPS) is 47.1. The third-order valence-electron chi connectivity index (χ3n) is 6.64. The molecule has 0 amide bonds. The SMILES string of the molecule is CC1CC[NH+](C2CC[NH+]([C@H]3CCC[C@@H](C)C3)CC2)CC1. The van der Waals surface area contributed by atoms with Gasteiger partial charge in [0.1, 0.15) is 0 Å². The molecule has 2 nitrogen and oxygen atoms in total. The monoisotopic (exact) mass is 280 g/mol. The molecule has 0 aromatic carbocycles. The molecule has 2 saturated heterocycles. The second-order valence-corrected chi connectivity index (χ2v) is 8.24. The van der Waals surface area contributed by atoms with Gasteiger partial charge in [0.05, 0.1) is 38.3 Å². The lowest BCUT2D eigenvalue weighted by Crippen LogP contribution is -3.22. The van der Waals surface area contributed by atoms with E-state index in [-0.39, 0.29) is 0 Å². The maximum absolute atomic E-state index is 2.47. The van der Waals surface area contributed by atoms with Crippen molar-refractivity contribution < 1.29 is 9.80 Å². The number of hydrogen-bond donors (Lipinski definition) is 2. The van der Waals surface area contributed by atoms with Crippen molar-refractivity contribution in [2.45, 2.75) is 77.3 Å². The predicted octanol–water partition coefficient (Wildman–Crippen LogP) is 0.927. The molecule has 0 aromatic heterocycles. The molecule has 3 rings (SSSR count). The minimum Gasteiger partial charge on any atom is -0.332 e. The van der Waals surface area contributed by atoms with Crippen molar-refractivity contribution in [2.24, 2.45) is 11.8 Å². The predicted molar refractivity (Wildman–Crippen MR) is 84.2 cm³/mol. The van der Waals surface area contributed by atoms with Crippen LogP contribution in [0, 0.1) is 11.8 Å². The number of rotatable bonds is 2. The lowest BCUT2D eigenvalue weighted by atomic mass is 9.85. The molecule has 3 aliphatic rings. The minimum absolute atomic E-state index is 0.994. The Balaban J connectivity index is 1.44. The van der Waals surface area contributed by atoms with Gasteiger partial charge in [-0.1, -0.05) is 20.3 Å². The lowest BCUT2D eigenvalue weighted by Gasteiger charge is -2.41. The van der Waals surface area contributed by atoms with Crippen LogP contribution in [0.4, 0.5) is 0 Å². The summed E-state index contributed by atoms with van der Waals surface area (Å²) >= 11 is 0.